The van der Waals surface area contributed by atoms with Crippen molar-refractivity contribution in [2.75, 3.05) is 5.88 Å². The quantitative estimate of drug-likeness (QED) is 0.779. The van der Waals surface area contributed by atoms with Gasteiger partial charge >= 0.3 is 0 Å². The lowest BCUT2D eigenvalue weighted by Gasteiger charge is -2.17. The second-order valence-electron chi connectivity index (χ2n) is 5.22. The van der Waals surface area contributed by atoms with Gasteiger partial charge in [-0.1, -0.05) is 30.3 Å². The standard InChI is InChI=1S/C17H18ClNO3S/c18-11-10-16(12-13-4-2-1-3-5-13)23(21,22)15-8-6-14(7-9-15)17(19)20/h1-9,16H,10-12H2,(H2,19,20). The van der Waals surface area contributed by atoms with E-state index in [4.69, 9.17) is 17.3 Å². The van der Waals surface area contributed by atoms with E-state index < -0.39 is 21.0 Å². The zero-order valence-corrected chi connectivity index (χ0v) is 14.1. The summed E-state index contributed by atoms with van der Waals surface area (Å²) in [6, 6.07) is 15.1. The van der Waals surface area contributed by atoms with Crippen molar-refractivity contribution < 1.29 is 13.2 Å². The normalized spacial score (nSPS) is 12.7. The molecule has 0 fully saturated rings. The molecule has 1 unspecified atom stereocenters. The number of carbonyl (C=O) groups excluding carboxylic acids is 1. The third-order valence-corrected chi connectivity index (χ3v) is 6.07. The maximum Gasteiger partial charge on any atom is 0.248 e. The highest BCUT2D eigenvalue weighted by Crippen LogP contribution is 2.23. The van der Waals surface area contributed by atoms with E-state index in [9.17, 15) is 13.2 Å². The van der Waals surface area contributed by atoms with Crippen LogP contribution in [0, 0.1) is 0 Å². The molecule has 0 spiro atoms. The average molecular weight is 352 g/mol. The summed E-state index contributed by atoms with van der Waals surface area (Å²) in [6.07, 6.45) is 0.754. The Labute approximate surface area is 141 Å². The van der Waals surface area contributed by atoms with Crippen LogP contribution >= 0.6 is 11.6 Å². The van der Waals surface area contributed by atoms with Crippen LogP contribution in [0.25, 0.3) is 0 Å². The molecule has 1 atom stereocenters. The van der Waals surface area contributed by atoms with E-state index in [-0.39, 0.29) is 16.3 Å². The number of amides is 1. The Morgan fingerprint density at radius 2 is 1.65 bits per heavy atom. The average Bonchev–Trinajstić information content (AvgIpc) is 2.55. The Morgan fingerprint density at radius 3 is 2.17 bits per heavy atom. The molecule has 2 rings (SSSR count). The molecular weight excluding hydrogens is 334 g/mol. The first-order chi connectivity index (χ1) is 10.9. The number of alkyl halides is 1. The fourth-order valence-corrected chi connectivity index (χ4v) is 4.50. The molecule has 0 aromatic heterocycles. The maximum atomic E-state index is 12.8. The molecular formula is C17H18ClNO3S. The van der Waals surface area contributed by atoms with Crippen LogP contribution in [0.1, 0.15) is 22.3 Å². The summed E-state index contributed by atoms with van der Waals surface area (Å²) in [5, 5.41) is -0.609. The van der Waals surface area contributed by atoms with Crippen LogP contribution in [0.15, 0.2) is 59.5 Å². The highest BCUT2D eigenvalue weighted by molar-refractivity contribution is 7.92. The van der Waals surface area contributed by atoms with Gasteiger partial charge in [-0.3, -0.25) is 4.79 Å². The number of hydrogen-bond acceptors (Lipinski definition) is 3. The van der Waals surface area contributed by atoms with E-state index in [0.717, 1.165) is 5.56 Å². The lowest BCUT2D eigenvalue weighted by atomic mass is 10.1. The zero-order chi connectivity index (χ0) is 16.9. The summed E-state index contributed by atoms with van der Waals surface area (Å²) in [5.41, 5.74) is 6.40. The van der Waals surface area contributed by atoms with Crippen molar-refractivity contribution in [2.45, 2.75) is 23.0 Å². The van der Waals surface area contributed by atoms with Gasteiger partial charge < -0.3 is 5.73 Å². The minimum Gasteiger partial charge on any atom is -0.366 e. The fraction of sp³-hybridized carbons (Fsp3) is 0.235. The van der Waals surface area contributed by atoms with Gasteiger partial charge in [0.05, 0.1) is 10.1 Å². The van der Waals surface area contributed by atoms with Crippen molar-refractivity contribution in [2.24, 2.45) is 5.73 Å². The van der Waals surface area contributed by atoms with E-state index in [1.165, 1.54) is 24.3 Å². The molecule has 6 heteroatoms. The van der Waals surface area contributed by atoms with Crippen molar-refractivity contribution in [3.05, 3.63) is 65.7 Å². The highest BCUT2D eigenvalue weighted by atomic mass is 35.5. The third kappa shape index (κ3) is 4.33. The SMILES string of the molecule is NC(=O)c1ccc(S(=O)(=O)C(CCCl)Cc2ccccc2)cc1. The molecule has 0 aliphatic carbocycles. The summed E-state index contributed by atoms with van der Waals surface area (Å²) < 4.78 is 25.7. The lowest BCUT2D eigenvalue weighted by Crippen LogP contribution is -2.25. The van der Waals surface area contributed by atoms with Gasteiger partial charge in [0.25, 0.3) is 0 Å². The van der Waals surface area contributed by atoms with Crippen LogP contribution in [0.3, 0.4) is 0 Å². The topological polar surface area (TPSA) is 77.2 Å². The molecule has 2 aromatic carbocycles. The third-order valence-electron chi connectivity index (χ3n) is 3.64. The second-order valence-corrected chi connectivity index (χ2v) is 7.83. The first kappa shape index (κ1) is 17.5. The fourth-order valence-electron chi connectivity index (χ4n) is 2.37. The second kappa shape index (κ2) is 7.62. The molecule has 1 amide bonds. The predicted octanol–water partition coefficient (Wildman–Crippen LogP) is 2.80. The highest BCUT2D eigenvalue weighted by Gasteiger charge is 2.27. The molecule has 0 saturated heterocycles. The molecule has 4 nitrogen and oxygen atoms in total. The van der Waals surface area contributed by atoms with Gasteiger partial charge in [0.15, 0.2) is 9.84 Å². The number of hydrogen-bond donors (Lipinski definition) is 1. The van der Waals surface area contributed by atoms with Gasteiger partial charge in [-0.2, -0.15) is 0 Å². The predicted molar refractivity (Wildman–Crippen MR) is 91.4 cm³/mol. The molecule has 0 bridgehead atoms. The zero-order valence-electron chi connectivity index (χ0n) is 12.5. The van der Waals surface area contributed by atoms with E-state index in [1.54, 1.807) is 0 Å². The molecule has 2 N–H and O–H groups in total. The molecule has 23 heavy (non-hydrogen) atoms. The van der Waals surface area contributed by atoms with E-state index in [1.807, 2.05) is 30.3 Å². The molecule has 122 valence electrons. The Kier molecular flexibility index (Phi) is 5.80. The van der Waals surface area contributed by atoms with Crippen LogP contribution in [-0.2, 0) is 16.3 Å². The van der Waals surface area contributed by atoms with E-state index in [2.05, 4.69) is 0 Å². The first-order valence-corrected chi connectivity index (χ1v) is 9.27. The monoisotopic (exact) mass is 351 g/mol. The maximum absolute atomic E-state index is 12.8. The van der Waals surface area contributed by atoms with Gasteiger partial charge in [0.1, 0.15) is 0 Å². The minimum atomic E-state index is -3.54. The molecule has 0 aliphatic rings. The molecule has 0 aliphatic heterocycles. The number of rotatable bonds is 7. The van der Waals surface area contributed by atoms with Crippen molar-refractivity contribution in [3.8, 4) is 0 Å². The van der Waals surface area contributed by atoms with Crippen LogP contribution < -0.4 is 5.73 Å². The van der Waals surface area contributed by atoms with Gasteiger partial charge in [0.2, 0.25) is 5.91 Å². The Hall–Kier alpha value is -1.85. The van der Waals surface area contributed by atoms with Crippen molar-refractivity contribution in [1.29, 1.82) is 0 Å². The largest absolute Gasteiger partial charge is 0.366 e. The van der Waals surface area contributed by atoms with Crippen LogP contribution in [-0.4, -0.2) is 25.5 Å². The number of sulfone groups is 1. The van der Waals surface area contributed by atoms with Crippen molar-refractivity contribution in [3.63, 3.8) is 0 Å². The van der Waals surface area contributed by atoms with Gasteiger partial charge in [-0.15, -0.1) is 11.6 Å². The number of primary amides is 1. The van der Waals surface area contributed by atoms with Gasteiger partial charge in [0, 0.05) is 11.4 Å². The lowest BCUT2D eigenvalue weighted by molar-refractivity contribution is 0.1000. The molecule has 0 radical (unpaired) electrons. The molecule has 0 heterocycles. The molecule has 2 aromatic rings. The smallest absolute Gasteiger partial charge is 0.248 e. The summed E-state index contributed by atoms with van der Waals surface area (Å²) >= 11 is 5.80. The first-order valence-electron chi connectivity index (χ1n) is 7.19. The summed E-state index contributed by atoms with van der Waals surface area (Å²) in [6.45, 7) is 0. The van der Waals surface area contributed by atoms with Gasteiger partial charge in [-0.25, -0.2) is 8.42 Å². The van der Waals surface area contributed by atoms with Crippen molar-refractivity contribution in [1.82, 2.24) is 0 Å². The van der Waals surface area contributed by atoms with Gasteiger partial charge in [-0.05, 0) is 42.7 Å². The van der Waals surface area contributed by atoms with Crippen LogP contribution in [0.2, 0.25) is 0 Å². The summed E-state index contributed by atoms with van der Waals surface area (Å²) in [7, 11) is -3.54. The summed E-state index contributed by atoms with van der Waals surface area (Å²) in [4.78, 5) is 11.3. The number of benzene rings is 2. The van der Waals surface area contributed by atoms with Crippen molar-refractivity contribution >= 4 is 27.3 Å². The van der Waals surface area contributed by atoms with Crippen LogP contribution in [0.4, 0.5) is 0 Å². The Bertz CT molecular complexity index is 758. The van der Waals surface area contributed by atoms with E-state index >= 15 is 0 Å². The number of carbonyl (C=O) groups is 1. The Morgan fingerprint density at radius 1 is 1.04 bits per heavy atom. The van der Waals surface area contributed by atoms with E-state index in [0.29, 0.717) is 12.8 Å². The van der Waals surface area contributed by atoms with Crippen LogP contribution in [0.5, 0.6) is 0 Å². The molecule has 0 saturated carbocycles. The Balaban J connectivity index is 2.30. The minimum absolute atomic E-state index is 0.175. The summed E-state index contributed by atoms with van der Waals surface area (Å²) in [5.74, 6) is -0.327. The number of nitrogens with two attached hydrogens (primary N) is 1. The number of halogens is 1.